The first-order valence-corrected chi connectivity index (χ1v) is 5.74. The van der Waals surface area contributed by atoms with E-state index in [1.165, 1.54) is 0 Å². The van der Waals surface area contributed by atoms with Gasteiger partial charge in [0, 0.05) is 0 Å². The van der Waals surface area contributed by atoms with Crippen LogP contribution in [0.5, 0.6) is 0 Å². The van der Waals surface area contributed by atoms with E-state index in [-0.39, 0.29) is 0 Å². The van der Waals surface area contributed by atoms with E-state index in [0.717, 1.165) is 21.6 Å². The zero-order valence-corrected chi connectivity index (χ0v) is 10.3. The highest BCUT2D eigenvalue weighted by Crippen LogP contribution is 2.18. The van der Waals surface area contributed by atoms with Crippen LogP contribution in [0, 0.1) is 0 Å². The first-order chi connectivity index (χ1) is 7.79. The Morgan fingerprint density at radius 1 is 1.00 bits per heavy atom. The Morgan fingerprint density at radius 2 is 1.75 bits per heavy atom. The van der Waals surface area contributed by atoms with Gasteiger partial charge in [0.1, 0.15) is 5.76 Å². The zero-order valence-electron chi connectivity index (χ0n) is 8.69. The van der Waals surface area contributed by atoms with Crippen LogP contribution in [0.1, 0.15) is 16.9 Å². The Labute approximate surface area is 103 Å². The molecule has 1 nitrogen and oxygen atoms in total. The minimum atomic E-state index is 0.740. The maximum absolute atomic E-state index is 5.38. The molecule has 0 bridgehead atoms. The molecule has 0 atom stereocenters. The summed E-state index contributed by atoms with van der Waals surface area (Å²) in [7, 11) is 0. The van der Waals surface area contributed by atoms with Crippen LogP contribution in [0.4, 0.5) is 0 Å². The molecule has 0 aliphatic carbocycles. The predicted octanol–water partition coefficient (Wildman–Crippen LogP) is 4.86. The highest BCUT2D eigenvalue weighted by atomic mass is 79.9. The van der Waals surface area contributed by atoms with E-state index in [9.17, 15) is 0 Å². The lowest BCUT2D eigenvalue weighted by molar-refractivity contribution is 0.532. The Morgan fingerprint density at radius 3 is 2.38 bits per heavy atom. The average Bonchev–Trinajstić information content (AvgIpc) is 2.73. The van der Waals surface area contributed by atoms with Crippen molar-refractivity contribution < 1.29 is 4.42 Å². The summed E-state index contributed by atoms with van der Waals surface area (Å²) in [6.07, 6.45) is 5.80. The van der Waals surface area contributed by atoms with Crippen molar-refractivity contribution in [1.29, 1.82) is 0 Å². The number of halogens is 1. The fourth-order valence-corrected chi connectivity index (χ4v) is 1.76. The summed E-state index contributed by atoms with van der Waals surface area (Å²) in [5.41, 5.74) is 2.24. The predicted molar refractivity (Wildman–Crippen MR) is 71.9 cm³/mol. The van der Waals surface area contributed by atoms with Crippen LogP contribution in [-0.2, 0) is 0 Å². The van der Waals surface area contributed by atoms with Crippen LogP contribution < -0.4 is 0 Å². The molecular weight excluding hydrogens is 264 g/mol. The molecule has 1 aromatic heterocycles. The van der Waals surface area contributed by atoms with Gasteiger partial charge in [-0.3, -0.25) is 0 Å². The summed E-state index contributed by atoms with van der Waals surface area (Å²) in [6, 6.07) is 11.9. The van der Waals surface area contributed by atoms with Crippen molar-refractivity contribution in [1.82, 2.24) is 0 Å². The standard InChI is InChI=1S/C14H11BrO/c1-2-11-5-3-4-6-12(11)7-8-13-9-10-14(15)16-13/h2-10H,1H2/b8-7-. The monoisotopic (exact) mass is 274 g/mol. The molecule has 2 aromatic rings. The summed E-state index contributed by atoms with van der Waals surface area (Å²) >= 11 is 3.27. The second kappa shape index (κ2) is 4.99. The van der Waals surface area contributed by atoms with E-state index in [1.54, 1.807) is 0 Å². The van der Waals surface area contributed by atoms with Gasteiger partial charge >= 0.3 is 0 Å². The number of furan rings is 1. The van der Waals surface area contributed by atoms with Gasteiger partial charge < -0.3 is 4.42 Å². The third kappa shape index (κ3) is 2.52. The van der Waals surface area contributed by atoms with E-state index in [4.69, 9.17) is 4.42 Å². The van der Waals surface area contributed by atoms with Crippen LogP contribution in [-0.4, -0.2) is 0 Å². The van der Waals surface area contributed by atoms with Crippen LogP contribution in [0.2, 0.25) is 0 Å². The molecule has 0 unspecified atom stereocenters. The first-order valence-electron chi connectivity index (χ1n) is 4.94. The minimum absolute atomic E-state index is 0.740. The van der Waals surface area contributed by atoms with Crippen molar-refractivity contribution in [2.24, 2.45) is 0 Å². The Hall–Kier alpha value is -1.54. The number of hydrogen-bond donors (Lipinski definition) is 0. The quantitative estimate of drug-likeness (QED) is 0.780. The molecule has 2 heteroatoms. The molecule has 0 aliphatic rings. The largest absolute Gasteiger partial charge is 0.450 e. The van der Waals surface area contributed by atoms with Crippen molar-refractivity contribution in [3.8, 4) is 0 Å². The molecule has 0 spiro atoms. The lowest BCUT2D eigenvalue weighted by Gasteiger charge is -1.98. The fraction of sp³-hybridized carbons (Fsp3) is 0. The first kappa shape index (κ1) is 11.0. The van der Waals surface area contributed by atoms with Gasteiger partial charge in [0.2, 0.25) is 0 Å². The maximum Gasteiger partial charge on any atom is 0.169 e. The SMILES string of the molecule is C=Cc1ccccc1/C=C\c1ccc(Br)o1. The molecule has 0 saturated carbocycles. The molecular formula is C14H11BrO. The van der Waals surface area contributed by atoms with E-state index < -0.39 is 0 Å². The van der Waals surface area contributed by atoms with Gasteiger partial charge in [-0.1, -0.05) is 43.0 Å². The Balaban J connectivity index is 2.26. The second-order valence-corrected chi connectivity index (χ2v) is 4.09. The van der Waals surface area contributed by atoms with Crippen LogP contribution >= 0.6 is 15.9 Å². The lowest BCUT2D eigenvalue weighted by atomic mass is 10.1. The van der Waals surface area contributed by atoms with Crippen molar-refractivity contribution in [3.05, 3.63) is 64.5 Å². The molecule has 0 radical (unpaired) electrons. The van der Waals surface area contributed by atoms with Gasteiger partial charge in [-0.05, 0) is 45.3 Å². The van der Waals surface area contributed by atoms with Gasteiger partial charge in [0.25, 0.3) is 0 Å². The average molecular weight is 275 g/mol. The van der Waals surface area contributed by atoms with Crippen LogP contribution in [0.25, 0.3) is 18.2 Å². The van der Waals surface area contributed by atoms with Crippen LogP contribution in [0.15, 0.2) is 52.1 Å². The van der Waals surface area contributed by atoms with E-state index in [2.05, 4.69) is 22.5 Å². The molecule has 16 heavy (non-hydrogen) atoms. The smallest absolute Gasteiger partial charge is 0.169 e. The van der Waals surface area contributed by atoms with Crippen molar-refractivity contribution in [2.45, 2.75) is 0 Å². The fourth-order valence-electron chi connectivity index (χ4n) is 1.44. The van der Waals surface area contributed by atoms with E-state index >= 15 is 0 Å². The zero-order chi connectivity index (χ0) is 11.4. The molecule has 1 aromatic carbocycles. The molecule has 80 valence electrons. The van der Waals surface area contributed by atoms with E-state index in [0.29, 0.717) is 0 Å². The normalized spacial score (nSPS) is 10.8. The Bertz CT molecular complexity index is 523. The highest BCUT2D eigenvalue weighted by molar-refractivity contribution is 9.10. The van der Waals surface area contributed by atoms with Gasteiger partial charge in [0.05, 0.1) is 0 Å². The van der Waals surface area contributed by atoms with Crippen LogP contribution in [0.3, 0.4) is 0 Å². The number of hydrogen-bond acceptors (Lipinski definition) is 1. The molecule has 0 saturated heterocycles. The van der Waals surface area contributed by atoms with Crippen molar-refractivity contribution in [3.63, 3.8) is 0 Å². The van der Waals surface area contributed by atoms with E-state index in [1.807, 2.05) is 54.6 Å². The summed E-state index contributed by atoms with van der Waals surface area (Å²) < 4.78 is 6.12. The second-order valence-electron chi connectivity index (χ2n) is 3.31. The third-order valence-electron chi connectivity index (χ3n) is 2.24. The molecule has 0 N–H and O–H groups in total. The summed E-state index contributed by atoms with van der Waals surface area (Å²) in [6.45, 7) is 3.79. The minimum Gasteiger partial charge on any atom is -0.450 e. The Kier molecular flexibility index (Phi) is 3.42. The van der Waals surface area contributed by atoms with Gasteiger partial charge in [0.15, 0.2) is 4.67 Å². The molecule has 0 amide bonds. The third-order valence-corrected chi connectivity index (χ3v) is 2.66. The summed E-state index contributed by atoms with van der Waals surface area (Å²) in [4.78, 5) is 0. The van der Waals surface area contributed by atoms with Crippen molar-refractivity contribution >= 4 is 34.2 Å². The van der Waals surface area contributed by atoms with Crippen molar-refractivity contribution in [2.75, 3.05) is 0 Å². The highest BCUT2D eigenvalue weighted by Gasteiger charge is 1.96. The topological polar surface area (TPSA) is 13.1 Å². The van der Waals surface area contributed by atoms with Gasteiger partial charge in [-0.15, -0.1) is 0 Å². The summed E-state index contributed by atoms with van der Waals surface area (Å²) in [5, 5.41) is 0. The molecule has 2 rings (SSSR count). The van der Waals surface area contributed by atoms with Gasteiger partial charge in [-0.2, -0.15) is 0 Å². The maximum atomic E-state index is 5.38. The number of rotatable bonds is 3. The van der Waals surface area contributed by atoms with Gasteiger partial charge in [-0.25, -0.2) is 0 Å². The molecule has 0 fully saturated rings. The molecule has 0 aliphatic heterocycles. The molecule has 1 heterocycles. The number of benzene rings is 1. The summed E-state index contributed by atoms with van der Waals surface area (Å²) in [5.74, 6) is 0.825. The lowest BCUT2D eigenvalue weighted by Crippen LogP contribution is -1.77.